The zero-order chi connectivity index (χ0) is 17.5. The van der Waals surface area contributed by atoms with Gasteiger partial charge in [0.2, 0.25) is 0 Å². The van der Waals surface area contributed by atoms with Crippen LogP contribution in [0.5, 0.6) is 0 Å². The van der Waals surface area contributed by atoms with Crippen molar-refractivity contribution < 1.29 is 9.90 Å². The zero-order valence-corrected chi connectivity index (χ0v) is 15.0. The summed E-state index contributed by atoms with van der Waals surface area (Å²) >= 11 is 0. The van der Waals surface area contributed by atoms with E-state index in [-0.39, 0.29) is 18.7 Å². The Hall–Kier alpha value is -1.79. The Labute approximate surface area is 145 Å². The van der Waals surface area contributed by atoms with Gasteiger partial charge < -0.3 is 20.2 Å². The van der Waals surface area contributed by atoms with Gasteiger partial charge in [-0.05, 0) is 25.5 Å². The maximum absolute atomic E-state index is 12.6. The number of anilines is 2. The summed E-state index contributed by atoms with van der Waals surface area (Å²) in [6.45, 7) is 8.23. The lowest BCUT2D eigenvalue weighted by molar-refractivity contribution is 0.0766. The van der Waals surface area contributed by atoms with Crippen LogP contribution < -0.4 is 10.2 Å². The molecule has 1 unspecified atom stereocenters. The van der Waals surface area contributed by atoms with Crippen molar-refractivity contribution in [1.29, 1.82) is 0 Å². The van der Waals surface area contributed by atoms with Crippen LogP contribution in [0.2, 0.25) is 0 Å². The monoisotopic (exact) mass is 334 g/mol. The van der Waals surface area contributed by atoms with Crippen molar-refractivity contribution in [2.75, 3.05) is 56.6 Å². The SMILES string of the molecule is CCC(CO)N1CCN(C(=O)Nc2ccccc2N(C)CC)CC1. The number of hydrogen-bond acceptors (Lipinski definition) is 4. The molecule has 1 aliphatic heterocycles. The minimum absolute atomic E-state index is 0.0522. The van der Waals surface area contributed by atoms with E-state index in [4.69, 9.17) is 0 Å². The lowest BCUT2D eigenvalue weighted by atomic mass is 10.1. The predicted molar refractivity (Wildman–Crippen MR) is 98.7 cm³/mol. The second kappa shape index (κ2) is 8.89. The highest BCUT2D eigenvalue weighted by Gasteiger charge is 2.25. The predicted octanol–water partition coefficient (Wildman–Crippen LogP) is 2.06. The highest BCUT2D eigenvalue weighted by molar-refractivity contribution is 5.93. The van der Waals surface area contributed by atoms with E-state index in [1.165, 1.54) is 0 Å². The molecule has 0 radical (unpaired) electrons. The molecule has 6 nitrogen and oxygen atoms in total. The standard InChI is InChI=1S/C18H30N4O2/c1-4-15(14-23)21-10-12-22(13-11-21)18(24)19-16-8-6-7-9-17(16)20(3)5-2/h6-9,15,23H,4-5,10-14H2,1-3H3,(H,19,24). The number of urea groups is 1. The molecule has 6 heteroatoms. The smallest absolute Gasteiger partial charge is 0.321 e. The Morgan fingerprint density at radius 2 is 1.92 bits per heavy atom. The van der Waals surface area contributed by atoms with Gasteiger partial charge in [-0.3, -0.25) is 4.90 Å². The molecule has 0 saturated carbocycles. The highest BCUT2D eigenvalue weighted by atomic mass is 16.3. The van der Waals surface area contributed by atoms with Gasteiger partial charge in [0.25, 0.3) is 0 Å². The van der Waals surface area contributed by atoms with Gasteiger partial charge in [-0.15, -0.1) is 0 Å². The first-order chi connectivity index (χ1) is 11.6. The molecule has 134 valence electrons. The molecular formula is C18H30N4O2. The van der Waals surface area contributed by atoms with Crippen molar-refractivity contribution in [1.82, 2.24) is 9.80 Å². The summed E-state index contributed by atoms with van der Waals surface area (Å²) in [5.41, 5.74) is 1.87. The van der Waals surface area contributed by atoms with E-state index in [0.29, 0.717) is 13.1 Å². The number of benzene rings is 1. The van der Waals surface area contributed by atoms with Crippen molar-refractivity contribution in [2.24, 2.45) is 0 Å². The number of rotatable bonds is 6. The lowest BCUT2D eigenvalue weighted by Gasteiger charge is -2.38. The number of amides is 2. The van der Waals surface area contributed by atoms with Crippen molar-refractivity contribution in [3.8, 4) is 0 Å². The molecule has 1 aromatic rings. The average Bonchev–Trinajstić information content (AvgIpc) is 2.63. The number of hydrogen-bond donors (Lipinski definition) is 2. The van der Waals surface area contributed by atoms with Crippen LogP contribution in [0, 0.1) is 0 Å². The van der Waals surface area contributed by atoms with Crippen molar-refractivity contribution in [2.45, 2.75) is 26.3 Å². The first kappa shape index (κ1) is 18.5. The Morgan fingerprint density at radius 3 is 2.50 bits per heavy atom. The van der Waals surface area contributed by atoms with Crippen LogP contribution in [-0.4, -0.2) is 73.4 Å². The van der Waals surface area contributed by atoms with E-state index in [1.807, 2.05) is 36.2 Å². The molecule has 0 spiro atoms. The Morgan fingerprint density at radius 1 is 1.25 bits per heavy atom. The molecule has 0 aromatic heterocycles. The molecule has 0 aliphatic carbocycles. The first-order valence-corrected chi connectivity index (χ1v) is 8.81. The molecule has 1 aliphatic rings. The number of nitrogens with zero attached hydrogens (tertiary/aromatic N) is 3. The van der Waals surface area contributed by atoms with Gasteiger partial charge in [0.1, 0.15) is 0 Å². The topological polar surface area (TPSA) is 59.1 Å². The van der Waals surface area contributed by atoms with Crippen molar-refractivity contribution in [3.05, 3.63) is 24.3 Å². The number of aliphatic hydroxyl groups is 1. The molecule has 2 amide bonds. The fourth-order valence-corrected chi connectivity index (χ4v) is 3.07. The number of para-hydroxylation sites is 2. The van der Waals surface area contributed by atoms with E-state index >= 15 is 0 Å². The molecule has 1 atom stereocenters. The summed E-state index contributed by atoms with van der Waals surface area (Å²) in [4.78, 5) is 18.8. The third kappa shape index (κ3) is 4.39. The van der Waals surface area contributed by atoms with Gasteiger partial charge in [0.15, 0.2) is 0 Å². The summed E-state index contributed by atoms with van der Waals surface area (Å²) in [5.74, 6) is 0. The van der Waals surface area contributed by atoms with Crippen LogP contribution in [0.1, 0.15) is 20.3 Å². The Bertz CT molecular complexity index is 526. The van der Waals surface area contributed by atoms with E-state index in [9.17, 15) is 9.90 Å². The maximum Gasteiger partial charge on any atom is 0.321 e. The van der Waals surface area contributed by atoms with Crippen LogP contribution in [-0.2, 0) is 0 Å². The van der Waals surface area contributed by atoms with Crippen LogP contribution in [0.4, 0.5) is 16.2 Å². The number of piperazine rings is 1. The van der Waals surface area contributed by atoms with Crippen LogP contribution in [0.15, 0.2) is 24.3 Å². The molecule has 1 aromatic carbocycles. The summed E-state index contributed by atoms with van der Waals surface area (Å²) in [6.07, 6.45) is 0.930. The van der Waals surface area contributed by atoms with Gasteiger partial charge >= 0.3 is 6.03 Å². The largest absolute Gasteiger partial charge is 0.395 e. The minimum Gasteiger partial charge on any atom is -0.395 e. The zero-order valence-electron chi connectivity index (χ0n) is 15.0. The van der Waals surface area contributed by atoms with Gasteiger partial charge in [0, 0.05) is 45.8 Å². The third-order valence-electron chi connectivity index (χ3n) is 4.83. The Balaban J connectivity index is 1.95. The van der Waals surface area contributed by atoms with Gasteiger partial charge in [-0.2, -0.15) is 0 Å². The van der Waals surface area contributed by atoms with Gasteiger partial charge in [-0.25, -0.2) is 4.79 Å². The summed E-state index contributed by atoms with van der Waals surface area (Å²) in [7, 11) is 2.02. The molecule has 1 saturated heterocycles. The van der Waals surface area contributed by atoms with Crippen LogP contribution in [0.3, 0.4) is 0 Å². The van der Waals surface area contributed by atoms with Crippen LogP contribution >= 0.6 is 0 Å². The number of aliphatic hydroxyl groups excluding tert-OH is 1. The number of nitrogens with one attached hydrogen (secondary N) is 1. The van der Waals surface area contributed by atoms with Crippen molar-refractivity contribution >= 4 is 17.4 Å². The molecule has 2 rings (SSSR count). The van der Waals surface area contributed by atoms with E-state index in [0.717, 1.165) is 37.4 Å². The van der Waals surface area contributed by atoms with E-state index < -0.39 is 0 Å². The fraction of sp³-hybridized carbons (Fsp3) is 0.611. The first-order valence-electron chi connectivity index (χ1n) is 8.81. The maximum atomic E-state index is 12.6. The second-order valence-corrected chi connectivity index (χ2v) is 6.23. The molecule has 0 bridgehead atoms. The molecular weight excluding hydrogens is 304 g/mol. The molecule has 2 N–H and O–H groups in total. The third-order valence-corrected chi connectivity index (χ3v) is 4.83. The lowest BCUT2D eigenvalue weighted by Crippen LogP contribution is -2.53. The Kier molecular flexibility index (Phi) is 6.87. The highest BCUT2D eigenvalue weighted by Crippen LogP contribution is 2.24. The minimum atomic E-state index is -0.0522. The molecule has 1 fully saturated rings. The molecule has 1 heterocycles. The van der Waals surface area contributed by atoms with Crippen molar-refractivity contribution in [3.63, 3.8) is 0 Å². The summed E-state index contributed by atoms with van der Waals surface area (Å²) in [6, 6.07) is 8.03. The summed E-state index contributed by atoms with van der Waals surface area (Å²) < 4.78 is 0. The van der Waals surface area contributed by atoms with Gasteiger partial charge in [0.05, 0.1) is 18.0 Å². The second-order valence-electron chi connectivity index (χ2n) is 6.23. The van der Waals surface area contributed by atoms with E-state index in [1.54, 1.807) is 0 Å². The summed E-state index contributed by atoms with van der Waals surface area (Å²) in [5, 5.41) is 12.5. The van der Waals surface area contributed by atoms with Crippen LogP contribution in [0.25, 0.3) is 0 Å². The average molecular weight is 334 g/mol. The normalized spacial score (nSPS) is 16.8. The number of carbonyl (C=O) groups is 1. The fourth-order valence-electron chi connectivity index (χ4n) is 3.07. The van der Waals surface area contributed by atoms with Gasteiger partial charge in [-0.1, -0.05) is 19.1 Å². The van der Waals surface area contributed by atoms with E-state index in [2.05, 4.69) is 29.0 Å². The quantitative estimate of drug-likeness (QED) is 0.836. The molecule has 24 heavy (non-hydrogen) atoms. The number of carbonyl (C=O) groups excluding carboxylic acids is 1.